The van der Waals surface area contributed by atoms with Gasteiger partial charge in [0.15, 0.2) is 0 Å². The van der Waals surface area contributed by atoms with E-state index >= 15 is 0 Å². The van der Waals surface area contributed by atoms with Crippen LogP contribution in [0.5, 0.6) is 0 Å². The van der Waals surface area contributed by atoms with Gasteiger partial charge in [0.25, 0.3) is 0 Å². The van der Waals surface area contributed by atoms with Crippen LogP contribution in [0.4, 0.5) is 0 Å². The van der Waals surface area contributed by atoms with Crippen molar-refractivity contribution < 1.29 is 13.3 Å². The third-order valence-electron chi connectivity index (χ3n) is 1.78. The Bertz CT molecular complexity index is 131. The Labute approximate surface area is 108 Å². The van der Waals surface area contributed by atoms with Crippen molar-refractivity contribution >= 4 is 8.80 Å². The monoisotopic (exact) mass is 265 g/mol. The quantitative estimate of drug-likeness (QED) is 0.651. The van der Waals surface area contributed by atoms with E-state index in [4.69, 9.17) is 19.0 Å². The average molecular weight is 265 g/mol. The third kappa shape index (κ3) is 10.9. The molecule has 0 bridgehead atoms. The van der Waals surface area contributed by atoms with Crippen LogP contribution in [-0.4, -0.2) is 35.2 Å². The zero-order valence-corrected chi connectivity index (χ0v) is 13.3. The van der Waals surface area contributed by atoms with Gasteiger partial charge in [0.1, 0.15) is 0 Å². The van der Waals surface area contributed by atoms with E-state index in [9.17, 15) is 0 Å². The van der Waals surface area contributed by atoms with E-state index in [0.29, 0.717) is 26.4 Å². The van der Waals surface area contributed by atoms with Gasteiger partial charge in [-0.3, -0.25) is 0 Å². The highest BCUT2D eigenvalue weighted by atomic mass is 28.4. The highest BCUT2D eigenvalue weighted by molar-refractivity contribution is 6.60. The Balaban J connectivity index is 0. The first kappa shape index (κ1) is 19.4. The first-order valence-electron chi connectivity index (χ1n) is 6.78. The molecule has 0 aliphatic rings. The van der Waals surface area contributed by atoms with E-state index in [1.165, 1.54) is 6.42 Å². The van der Waals surface area contributed by atoms with Gasteiger partial charge in [-0.15, -0.1) is 0 Å². The van der Waals surface area contributed by atoms with Gasteiger partial charge < -0.3 is 19.0 Å². The maximum absolute atomic E-state index is 5.65. The van der Waals surface area contributed by atoms with Crippen LogP contribution in [0.3, 0.4) is 0 Å². The molecular weight excluding hydrogens is 234 g/mol. The van der Waals surface area contributed by atoms with Gasteiger partial charge >= 0.3 is 8.80 Å². The highest BCUT2D eigenvalue weighted by Crippen LogP contribution is 2.17. The maximum Gasteiger partial charge on any atom is 0.500 e. The molecule has 0 rings (SSSR count). The van der Waals surface area contributed by atoms with Gasteiger partial charge in [0, 0.05) is 25.9 Å². The summed E-state index contributed by atoms with van der Waals surface area (Å²) in [5, 5.41) is 0. The molecule has 0 fully saturated rings. The largest absolute Gasteiger partial charge is 0.500 e. The van der Waals surface area contributed by atoms with Gasteiger partial charge in [0.2, 0.25) is 0 Å². The van der Waals surface area contributed by atoms with Crippen LogP contribution in [0, 0.1) is 0 Å². The van der Waals surface area contributed by atoms with Crippen molar-refractivity contribution in [1.82, 2.24) is 0 Å². The SMILES string of the molecule is CCC.CCO[Si](CCCN)(OCC)OCC. The lowest BCUT2D eigenvalue weighted by Gasteiger charge is -2.28. The Hall–Kier alpha value is 0.0569. The summed E-state index contributed by atoms with van der Waals surface area (Å²) in [6.07, 6.45) is 2.15. The summed E-state index contributed by atoms with van der Waals surface area (Å²) in [6, 6.07) is 0.818. The fourth-order valence-electron chi connectivity index (χ4n) is 1.32. The fourth-order valence-corrected chi connectivity index (χ4v) is 3.96. The Kier molecular flexibility index (Phi) is 16.1. The minimum atomic E-state index is -2.40. The van der Waals surface area contributed by atoms with Crippen molar-refractivity contribution in [2.45, 2.75) is 53.5 Å². The number of hydrogen-bond donors (Lipinski definition) is 1. The van der Waals surface area contributed by atoms with E-state index < -0.39 is 8.80 Å². The third-order valence-corrected chi connectivity index (χ3v) is 4.93. The minimum Gasteiger partial charge on any atom is -0.374 e. The summed E-state index contributed by atoms with van der Waals surface area (Å²) in [5.41, 5.74) is 5.48. The molecule has 0 aromatic carbocycles. The molecule has 0 aliphatic heterocycles. The summed E-state index contributed by atoms with van der Waals surface area (Å²) in [7, 11) is -2.40. The van der Waals surface area contributed by atoms with Gasteiger partial charge in [-0.2, -0.15) is 0 Å². The summed E-state index contributed by atoms with van der Waals surface area (Å²) in [4.78, 5) is 0. The zero-order chi connectivity index (χ0) is 13.6. The first-order chi connectivity index (χ1) is 8.16. The van der Waals surface area contributed by atoms with Crippen LogP contribution >= 0.6 is 0 Å². The molecule has 0 atom stereocenters. The van der Waals surface area contributed by atoms with Crippen LogP contribution in [0.25, 0.3) is 0 Å². The molecule has 0 amide bonds. The molecule has 17 heavy (non-hydrogen) atoms. The molecule has 106 valence electrons. The highest BCUT2D eigenvalue weighted by Gasteiger charge is 2.39. The molecule has 5 heteroatoms. The number of rotatable bonds is 9. The smallest absolute Gasteiger partial charge is 0.374 e. The molecular formula is C12H31NO3Si. The lowest BCUT2D eigenvalue weighted by atomic mass is 10.5. The zero-order valence-electron chi connectivity index (χ0n) is 12.3. The normalized spacial score (nSPS) is 10.9. The van der Waals surface area contributed by atoms with Crippen LogP contribution in [0.1, 0.15) is 47.5 Å². The van der Waals surface area contributed by atoms with E-state index in [1.54, 1.807) is 0 Å². The number of nitrogens with two attached hydrogens (primary N) is 1. The van der Waals surface area contributed by atoms with Crippen molar-refractivity contribution in [3.05, 3.63) is 0 Å². The standard InChI is InChI=1S/C9H23NO3Si.C3H8/c1-4-11-14(12-5-2,13-6-3)9-7-8-10;1-3-2/h4-10H2,1-3H3;3H2,1-2H3. The predicted molar refractivity (Wildman–Crippen MR) is 75.1 cm³/mol. The second-order valence-corrected chi connectivity index (χ2v) is 6.31. The van der Waals surface area contributed by atoms with Crippen molar-refractivity contribution in [3.63, 3.8) is 0 Å². The summed E-state index contributed by atoms with van der Waals surface area (Å²) < 4.78 is 17.0. The van der Waals surface area contributed by atoms with Crippen molar-refractivity contribution in [3.8, 4) is 0 Å². The summed E-state index contributed by atoms with van der Waals surface area (Å²) in [5.74, 6) is 0. The number of hydrogen-bond acceptors (Lipinski definition) is 4. The van der Waals surface area contributed by atoms with Crippen LogP contribution in [0.2, 0.25) is 6.04 Å². The van der Waals surface area contributed by atoms with Crippen LogP contribution in [-0.2, 0) is 13.3 Å². The lowest BCUT2D eigenvalue weighted by molar-refractivity contribution is 0.0710. The summed E-state index contributed by atoms with van der Waals surface area (Å²) >= 11 is 0. The van der Waals surface area contributed by atoms with Crippen molar-refractivity contribution in [2.24, 2.45) is 5.73 Å². The predicted octanol–water partition coefficient (Wildman–Crippen LogP) is 2.80. The second-order valence-electron chi connectivity index (χ2n) is 3.58. The van der Waals surface area contributed by atoms with Crippen molar-refractivity contribution in [1.29, 1.82) is 0 Å². The molecule has 0 saturated heterocycles. The van der Waals surface area contributed by atoms with Crippen molar-refractivity contribution in [2.75, 3.05) is 26.4 Å². The molecule has 2 N–H and O–H groups in total. The van der Waals surface area contributed by atoms with E-state index in [1.807, 2.05) is 20.8 Å². The minimum absolute atomic E-state index is 0.636. The first-order valence-corrected chi connectivity index (χ1v) is 8.71. The molecule has 4 nitrogen and oxygen atoms in total. The molecule has 0 aromatic rings. The summed E-state index contributed by atoms with van der Waals surface area (Å²) in [6.45, 7) is 12.7. The molecule has 0 unspecified atom stereocenters. The topological polar surface area (TPSA) is 53.7 Å². The fraction of sp³-hybridized carbons (Fsp3) is 1.00. The molecule has 0 saturated carbocycles. The van der Waals surface area contributed by atoms with Gasteiger partial charge in [-0.05, 0) is 33.7 Å². The molecule has 0 aromatic heterocycles. The molecule has 0 spiro atoms. The molecule has 0 heterocycles. The Morgan fingerprint density at radius 2 is 1.18 bits per heavy atom. The average Bonchev–Trinajstić information content (AvgIpc) is 2.29. The van der Waals surface area contributed by atoms with Crippen LogP contribution < -0.4 is 5.73 Å². The van der Waals surface area contributed by atoms with Gasteiger partial charge in [-0.25, -0.2) is 0 Å². The van der Waals surface area contributed by atoms with Gasteiger partial charge in [-0.1, -0.05) is 20.3 Å². The van der Waals surface area contributed by atoms with E-state index in [0.717, 1.165) is 12.5 Å². The Morgan fingerprint density at radius 1 is 0.824 bits per heavy atom. The Morgan fingerprint density at radius 3 is 1.41 bits per heavy atom. The van der Waals surface area contributed by atoms with E-state index in [-0.39, 0.29) is 0 Å². The second kappa shape index (κ2) is 14.1. The van der Waals surface area contributed by atoms with Crippen LogP contribution in [0.15, 0.2) is 0 Å². The maximum atomic E-state index is 5.65. The van der Waals surface area contributed by atoms with Gasteiger partial charge in [0.05, 0.1) is 0 Å². The van der Waals surface area contributed by atoms with E-state index in [2.05, 4.69) is 13.8 Å². The molecule has 0 aliphatic carbocycles. The lowest BCUT2D eigenvalue weighted by Crippen LogP contribution is -2.46. The molecule has 0 radical (unpaired) electrons.